The number of ether oxygens (including phenoxy) is 2. The molecule has 1 aromatic heterocycles. The number of hydrogen-bond acceptors (Lipinski definition) is 6. The maximum atomic E-state index is 12.9. The van der Waals surface area contributed by atoms with Gasteiger partial charge >= 0.3 is 0 Å². The van der Waals surface area contributed by atoms with Crippen LogP contribution < -0.4 is 14.9 Å². The monoisotopic (exact) mass is 587 g/mol. The van der Waals surface area contributed by atoms with Crippen molar-refractivity contribution in [3.63, 3.8) is 0 Å². The summed E-state index contributed by atoms with van der Waals surface area (Å²) in [6.07, 6.45) is 1.52. The van der Waals surface area contributed by atoms with E-state index in [4.69, 9.17) is 37.2 Å². The second-order valence-corrected chi connectivity index (χ2v) is 9.31. The molecule has 3 aromatic carbocycles. The Morgan fingerprint density at radius 2 is 1.89 bits per heavy atom. The lowest BCUT2D eigenvalue weighted by Crippen LogP contribution is -2.19. The zero-order valence-electron chi connectivity index (χ0n) is 19.2. The van der Waals surface area contributed by atoms with Crippen LogP contribution in [0.25, 0.3) is 11.3 Å². The lowest BCUT2D eigenvalue weighted by Gasteiger charge is -2.12. The molecule has 0 unspecified atom stereocenters. The number of benzene rings is 3. The van der Waals surface area contributed by atoms with Gasteiger partial charge in [0, 0.05) is 15.6 Å². The third-order valence-corrected chi connectivity index (χ3v) is 6.30. The molecule has 0 saturated heterocycles. The van der Waals surface area contributed by atoms with Crippen LogP contribution in [0.5, 0.6) is 11.5 Å². The van der Waals surface area contributed by atoms with Gasteiger partial charge in [-0.05, 0) is 55.0 Å². The summed E-state index contributed by atoms with van der Waals surface area (Å²) in [6, 6.07) is 17.9. The molecule has 7 nitrogen and oxygen atoms in total. The molecule has 0 radical (unpaired) electrons. The summed E-state index contributed by atoms with van der Waals surface area (Å²) >= 11 is 15.9. The lowest BCUT2D eigenvalue weighted by molar-refractivity contribution is 0.0954. The first-order chi connectivity index (χ1) is 17.4. The van der Waals surface area contributed by atoms with Crippen LogP contribution in [0.3, 0.4) is 0 Å². The summed E-state index contributed by atoms with van der Waals surface area (Å²) in [4.78, 5) is 12.9. The van der Waals surface area contributed by atoms with Crippen molar-refractivity contribution < 1.29 is 18.8 Å². The fourth-order valence-electron chi connectivity index (χ4n) is 3.44. The summed E-state index contributed by atoms with van der Waals surface area (Å²) in [5, 5.41) is 9.06. The molecule has 4 rings (SSSR count). The first-order valence-electron chi connectivity index (χ1n) is 10.7. The van der Waals surface area contributed by atoms with Crippen LogP contribution in [-0.2, 0) is 6.61 Å². The van der Waals surface area contributed by atoms with Crippen molar-refractivity contribution in [3.8, 4) is 22.8 Å². The van der Waals surface area contributed by atoms with Gasteiger partial charge in [0.05, 0.1) is 23.4 Å². The van der Waals surface area contributed by atoms with Crippen molar-refractivity contribution in [3.05, 3.63) is 97.6 Å². The summed E-state index contributed by atoms with van der Waals surface area (Å²) < 4.78 is 17.4. The van der Waals surface area contributed by atoms with Crippen molar-refractivity contribution in [2.24, 2.45) is 5.10 Å². The Balaban J connectivity index is 1.48. The van der Waals surface area contributed by atoms with Crippen LogP contribution in [0.1, 0.15) is 27.2 Å². The summed E-state index contributed by atoms with van der Waals surface area (Å²) in [5.41, 5.74) is 5.23. The number of hydrazone groups is 1. The molecule has 0 saturated carbocycles. The Labute approximate surface area is 226 Å². The summed E-state index contributed by atoms with van der Waals surface area (Å²) in [5.74, 6) is 1.08. The average Bonchev–Trinajstić information content (AvgIpc) is 3.25. The number of aryl methyl sites for hydroxylation is 1. The lowest BCUT2D eigenvalue weighted by atomic mass is 10.1. The number of hydrogen-bond donors (Lipinski definition) is 1. The van der Waals surface area contributed by atoms with Crippen LogP contribution in [0.4, 0.5) is 0 Å². The molecule has 10 heteroatoms. The molecule has 0 aliphatic carbocycles. The highest BCUT2D eigenvalue weighted by molar-refractivity contribution is 9.10. The molecule has 0 bridgehead atoms. The van der Waals surface area contributed by atoms with E-state index >= 15 is 0 Å². The molecule has 1 N–H and O–H groups in total. The second kappa shape index (κ2) is 11.6. The van der Waals surface area contributed by atoms with Crippen LogP contribution in [0.2, 0.25) is 10.0 Å². The van der Waals surface area contributed by atoms with E-state index < -0.39 is 5.91 Å². The number of amides is 1. The molecule has 184 valence electrons. The van der Waals surface area contributed by atoms with Crippen molar-refractivity contribution >= 4 is 51.3 Å². The van der Waals surface area contributed by atoms with Gasteiger partial charge in [-0.2, -0.15) is 5.10 Å². The van der Waals surface area contributed by atoms with E-state index in [1.165, 1.54) is 6.21 Å². The molecule has 4 aromatic rings. The fourth-order valence-corrected chi connectivity index (χ4v) is 4.39. The first kappa shape index (κ1) is 25.8. The van der Waals surface area contributed by atoms with Gasteiger partial charge in [0.25, 0.3) is 5.91 Å². The molecule has 0 aliphatic rings. The third kappa shape index (κ3) is 5.90. The van der Waals surface area contributed by atoms with Crippen LogP contribution in [0.15, 0.2) is 74.8 Å². The molecular weight excluding hydrogens is 569 g/mol. The second-order valence-electron chi connectivity index (χ2n) is 7.58. The largest absolute Gasteiger partial charge is 0.496 e. The normalized spacial score (nSPS) is 11.0. The minimum absolute atomic E-state index is 0.222. The molecule has 0 spiro atoms. The number of carbonyl (C=O) groups excluding carboxylic acids is 1. The molecule has 1 amide bonds. The Kier molecular flexibility index (Phi) is 8.30. The minimum atomic E-state index is -0.470. The van der Waals surface area contributed by atoms with Gasteiger partial charge in [-0.1, -0.05) is 62.5 Å². The molecule has 36 heavy (non-hydrogen) atoms. The van der Waals surface area contributed by atoms with Crippen molar-refractivity contribution in [2.75, 3.05) is 7.11 Å². The van der Waals surface area contributed by atoms with Gasteiger partial charge in [-0.15, -0.1) is 0 Å². The average molecular weight is 589 g/mol. The van der Waals surface area contributed by atoms with Gasteiger partial charge in [-0.25, -0.2) is 5.43 Å². The fraction of sp³-hybridized carbons (Fsp3) is 0.115. The Bertz CT molecular complexity index is 1440. The van der Waals surface area contributed by atoms with Crippen molar-refractivity contribution in [1.82, 2.24) is 10.6 Å². The SMILES string of the molecule is COc1ccc(/C=N\NC(=O)c2c(-c3ccccc3Cl)noc2C)cc1COc1ccc(Br)cc1Cl. The third-order valence-electron chi connectivity index (χ3n) is 5.18. The minimum Gasteiger partial charge on any atom is -0.496 e. The Hall–Kier alpha value is -3.33. The van der Waals surface area contributed by atoms with E-state index in [0.717, 1.165) is 15.6 Å². The topological polar surface area (TPSA) is 86.0 Å². The number of rotatable bonds is 8. The maximum Gasteiger partial charge on any atom is 0.277 e. The highest BCUT2D eigenvalue weighted by atomic mass is 79.9. The molecule has 0 fully saturated rings. The van der Waals surface area contributed by atoms with E-state index in [2.05, 4.69) is 31.6 Å². The molecule has 1 heterocycles. The summed E-state index contributed by atoms with van der Waals surface area (Å²) in [7, 11) is 1.58. The van der Waals surface area contributed by atoms with Crippen LogP contribution in [-0.4, -0.2) is 24.4 Å². The maximum absolute atomic E-state index is 12.9. The Morgan fingerprint density at radius 3 is 2.64 bits per heavy atom. The van der Waals surface area contributed by atoms with E-state index in [-0.39, 0.29) is 12.2 Å². The van der Waals surface area contributed by atoms with Crippen molar-refractivity contribution in [2.45, 2.75) is 13.5 Å². The molecular formula is C26H20BrCl2N3O4. The van der Waals surface area contributed by atoms with Gasteiger partial charge < -0.3 is 14.0 Å². The zero-order valence-corrected chi connectivity index (χ0v) is 22.3. The quantitative estimate of drug-likeness (QED) is 0.176. The predicted molar refractivity (Wildman–Crippen MR) is 143 cm³/mol. The summed E-state index contributed by atoms with van der Waals surface area (Å²) in [6.45, 7) is 1.87. The number of aromatic nitrogens is 1. The van der Waals surface area contributed by atoms with Gasteiger partial charge in [0.2, 0.25) is 0 Å². The smallest absolute Gasteiger partial charge is 0.277 e. The predicted octanol–water partition coefficient (Wildman–Crippen LogP) is 7.07. The highest BCUT2D eigenvalue weighted by Gasteiger charge is 2.22. The number of methoxy groups -OCH3 is 1. The first-order valence-corrected chi connectivity index (χ1v) is 12.2. The van der Waals surface area contributed by atoms with E-state index in [0.29, 0.717) is 38.6 Å². The van der Waals surface area contributed by atoms with E-state index in [9.17, 15) is 4.79 Å². The number of halogens is 3. The van der Waals surface area contributed by atoms with E-state index in [1.807, 2.05) is 18.2 Å². The molecule has 0 atom stereocenters. The van der Waals surface area contributed by atoms with Crippen molar-refractivity contribution in [1.29, 1.82) is 0 Å². The van der Waals surface area contributed by atoms with Gasteiger partial charge in [0.1, 0.15) is 35.1 Å². The standard InChI is InChI=1S/C26H20BrCl2N3O4/c1-15-24(25(32-36-15)19-5-3-4-6-20(19)28)26(33)31-30-13-16-7-9-22(34-2)17(11-16)14-35-23-10-8-18(27)12-21(23)29/h3-13H,14H2,1-2H3,(H,31,33)/b30-13-. The van der Waals surface area contributed by atoms with Crippen LogP contribution in [0, 0.1) is 6.92 Å². The van der Waals surface area contributed by atoms with E-state index in [1.54, 1.807) is 56.5 Å². The van der Waals surface area contributed by atoms with Gasteiger partial charge in [0.15, 0.2) is 0 Å². The zero-order chi connectivity index (χ0) is 25.7. The Morgan fingerprint density at radius 1 is 1.11 bits per heavy atom. The number of nitrogens with one attached hydrogen (secondary N) is 1. The van der Waals surface area contributed by atoms with Gasteiger partial charge in [-0.3, -0.25) is 4.79 Å². The molecule has 0 aliphatic heterocycles. The highest BCUT2D eigenvalue weighted by Crippen LogP contribution is 2.31. The number of nitrogens with zero attached hydrogens (tertiary/aromatic N) is 2. The number of carbonyl (C=O) groups is 1. The van der Waals surface area contributed by atoms with Crippen LogP contribution >= 0.6 is 39.1 Å².